The zero-order chi connectivity index (χ0) is 35.1. The molecule has 1 N–H and O–H groups in total. The van der Waals surface area contributed by atoms with Crippen LogP contribution in [0.3, 0.4) is 0 Å². The fraction of sp³-hybridized carbons (Fsp3) is 0.278. The Labute approximate surface area is 292 Å². The monoisotopic (exact) mass is 711 g/mol. The molecule has 0 aliphatic heterocycles. The number of halogens is 2. The second-order valence-electron chi connectivity index (χ2n) is 12.1. The van der Waals surface area contributed by atoms with E-state index in [4.69, 9.17) is 32.7 Å². The van der Waals surface area contributed by atoms with Crippen LogP contribution < -0.4 is 19.1 Å². The molecular formula is C36H39Cl2N3O6S. The van der Waals surface area contributed by atoms with Gasteiger partial charge < -0.3 is 19.7 Å². The predicted octanol–water partition coefficient (Wildman–Crippen LogP) is 6.76. The van der Waals surface area contributed by atoms with Crippen molar-refractivity contribution in [2.45, 2.75) is 50.2 Å². The second-order valence-corrected chi connectivity index (χ2v) is 14.8. The Morgan fingerprint density at radius 2 is 1.38 bits per heavy atom. The highest BCUT2D eigenvalue weighted by molar-refractivity contribution is 7.92. The van der Waals surface area contributed by atoms with Crippen LogP contribution in [0.2, 0.25) is 10.0 Å². The summed E-state index contributed by atoms with van der Waals surface area (Å²) < 4.78 is 40.4. The van der Waals surface area contributed by atoms with E-state index in [9.17, 15) is 18.0 Å². The number of anilines is 1. The zero-order valence-corrected chi connectivity index (χ0v) is 29.8. The Bertz CT molecular complexity index is 1810. The lowest BCUT2D eigenvalue weighted by atomic mass is 10.0. The Morgan fingerprint density at radius 1 is 0.792 bits per heavy atom. The van der Waals surface area contributed by atoms with E-state index in [0.29, 0.717) is 21.4 Å². The lowest BCUT2D eigenvalue weighted by Crippen LogP contribution is -2.56. The highest BCUT2D eigenvalue weighted by Crippen LogP contribution is 2.33. The fourth-order valence-electron chi connectivity index (χ4n) is 5.03. The first-order chi connectivity index (χ1) is 22.7. The van der Waals surface area contributed by atoms with Crippen molar-refractivity contribution in [3.8, 4) is 11.5 Å². The first-order valence-corrected chi connectivity index (χ1v) is 17.3. The Balaban J connectivity index is 1.83. The van der Waals surface area contributed by atoms with Crippen molar-refractivity contribution in [2.24, 2.45) is 0 Å². The minimum absolute atomic E-state index is 0.00985. The van der Waals surface area contributed by atoms with Gasteiger partial charge in [-0.05, 0) is 80.4 Å². The molecule has 4 aromatic carbocycles. The van der Waals surface area contributed by atoms with E-state index in [1.54, 1.807) is 36.4 Å². The van der Waals surface area contributed by atoms with Gasteiger partial charge in [0.25, 0.3) is 10.0 Å². The number of methoxy groups -OCH3 is 2. The van der Waals surface area contributed by atoms with Crippen molar-refractivity contribution >= 4 is 50.7 Å². The molecule has 0 bridgehead atoms. The zero-order valence-electron chi connectivity index (χ0n) is 27.4. The van der Waals surface area contributed by atoms with Crippen molar-refractivity contribution in [1.82, 2.24) is 10.2 Å². The molecule has 12 heteroatoms. The summed E-state index contributed by atoms with van der Waals surface area (Å²) in [6.07, 6.45) is 0.186. The maximum Gasteiger partial charge on any atom is 0.264 e. The average Bonchev–Trinajstić information content (AvgIpc) is 3.05. The number of sulfonamides is 1. The van der Waals surface area contributed by atoms with Crippen LogP contribution >= 0.6 is 23.2 Å². The predicted molar refractivity (Wildman–Crippen MR) is 189 cm³/mol. The molecule has 48 heavy (non-hydrogen) atoms. The summed E-state index contributed by atoms with van der Waals surface area (Å²) >= 11 is 12.3. The molecule has 4 rings (SSSR count). The molecule has 0 aromatic heterocycles. The van der Waals surface area contributed by atoms with Gasteiger partial charge in [0.15, 0.2) is 11.5 Å². The van der Waals surface area contributed by atoms with E-state index < -0.39 is 34.1 Å². The highest BCUT2D eigenvalue weighted by atomic mass is 35.5. The van der Waals surface area contributed by atoms with Crippen molar-refractivity contribution in [3.05, 3.63) is 118 Å². The van der Waals surface area contributed by atoms with E-state index in [1.165, 1.54) is 49.5 Å². The van der Waals surface area contributed by atoms with Gasteiger partial charge in [-0.15, -0.1) is 0 Å². The van der Waals surface area contributed by atoms with Gasteiger partial charge in [-0.1, -0.05) is 65.7 Å². The van der Waals surface area contributed by atoms with Gasteiger partial charge in [-0.3, -0.25) is 13.9 Å². The largest absolute Gasteiger partial charge is 0.493 e. The number of nitrogens with zero attached hydrogens (tertiary/aromatic N) is 2. The second kappa shape index (κ2) is 15.8. The van der Waals surface area contributed by atoms with Gasteiger partial charge in [0.1, 0.15) is 12.6 Å². The molecule has 0 unspecified atom stereocenters. The molecule has 9 nitrogen and oxygen atoms in total. The topological polar surface area (TPSA) is 105 Å². The van der Waals surface area contributed by atoms with Gasteiger partial charge in [0.05, 0.1) is 24.8 Å². The van der Waals surface area contributed by atoms with Crippen LogP contribution in [0.5, 0.6) is 11.5 Å². The molecule has 0 saturated heterocycles. The number of ether oxygens (including phenoxy) is 2. The van der Waals surface area contributed by atoms with Crippen LogP contribution in [0.25, 0.3) is 0 Å². The molecule has 1 atom stereocenters. The number of rotatable bonds is 13. The molecule has 4 aromatic rings. The number of hydrogen-bond donors (Lipinski definition) is 1. The lowest BCUT2D eigenvalue weighted by Gasteiger charge is -2.35. The van der Waals surface area contributed by atoms with Crippen molar-refractivity contribution in [3.63, 3.8) is 0 Å². The van der Waals surface area contributed by atoms with Gasteiger partial charge in [0, 0.05) is 34.6 Å². The summed E-state index contributed by atoms with van der Waals surface area (Å²) in [7, 11) is -1.53. The van der Waals surface area contributed by atoms with E-state index in [1.807, 2.05) is 51.1 Å². The lowest BCUT2D eigenvalue weighted by molar-refractivity contribution is -0.140. The van der Waals surface area contributed by atoms with Crippen LogP contribution in [-0.2, 0) is 32.6 Å². The van der Waals surface area contributed by atoms with Crippen molar-refractivity contribution < 1.29 is 27.5 Å². The first-order valence-electron chi connectivity index (χ1n) is 15.1. The van der Waals surface area contributed by atoms with Crippen LogP contribution in [0.4, 0.5) is 5.69 Å². The number of amides is 2. The fourth-order valence-corrected chi connectivity index (χ4v) is 6.72. The summed E-state index contributed by atoms with van der Waals surface area (Å²) in [6.45, 7) is 4.95. The highest BCUT2D eigenvalue weighted by Gasteiger charge is 2.36. The standard InChI is InChI=1S/C36H39Cl2N3O6S/c1-36(2,3)39-35(43)31(21-25-9-7-6-8-10-25)40(23-26-11-13-27(37)14-12-26)34(42)24-41(29-17-15-28(38)16-18-29)48(44,45)30-19-20-32(46-4)33(22-30)47-5/h6-20,22,31H,21,23-24H2,1-5H3,(H,39,43)/t31-/m1/s1. The first kappa shape index (κ1) is 36.6. The third kappa shape index (κ3) is 9.43. The maximum absolute atomic E-state index is 14.6. The van der Waals surface area contributed by atoms with Crippen LogP contribution in [-0.4, -0.2) is 57.5 Å². The number of carbonyl (C=O) groups is 2. The Kier molecular flexibility index (Phi) is 12.0. The van der Waals surface area contributed by atoms with Gasteiger partial charge >= 0.3 is 0 Å². The van der Waals surface area contributed by atoms with Crippen molar-refractivity contribution in [1.29, 1.82) is 0 Å². The molecule has 0 heterocycles. The summed E-state index contributed by atoms with van der Waals surface area (Å²) in [5.41, 5.74) is 1.13. The molecular weight excluding hydrogens is 673 g/mol. The summed E-state index contributed by atoms with van der Waals surface area (Å²) in [6, 6.07) is 25.6. The molecule has 0 spiro atoms. The van der Waals surface area contributed by atoms with Crippen molar-refractivity contribution in [2.75, 3.05) is 25.1 Å². The molecule has 0 radical (unpaired) electrons. The normalized spacial score (nSPS) is 12.1. The van der Waals surface area contributed by atoms with E-state index in [2.05, 4.69) is 5.32 Å². The summed E-state index contributed by atoms with van der Waals surface area (Å²) in [5, 5.41) is 3.91. The van der Waals surface area contributed by atoms with Gasteiger partial charge in [0.2, 0.25) is 11.8 Å². The quantitative estimate of drug-likeness (QED) is 0.164. The summed E-state index contributed by atoms with van der Waals surface area (Å²) in [4.78, 5) is 29.9. The molecule has 254 valence electrons. The van der Waals surface area contributed by atoms with Crippen LogP contribution in [0.15, 0.2) is 102 Å². The van der Waals surface area contributed by atoms with E-state index >= 15 is 0 Å². The maximum atomic E-state index is 14.6. The molecule has 0 aliphatic carbocycles. The Hall–Kier alpha value is -4.25. The Morgan fingerprint density at radius 3 is 1.94 bits per heavy atom. The summed E-state index contributed by atoms with van der Waals surface area (Å²) in [5.74, 6) is -0.441. The number of carbonyl (C=O) groups excluding carboxylic acids is 2. The number of nitrogens with one attached hydrogen (secondary N) is 1. The SMILES string of the molecule is COc1ccc(S(=O)(=O)N(CC(=O)N(Cc2ccc(Cl)cc2)[C@H](Cc2ccccc2)C(=O)NC(C)(C)C)c2ccc(Cl)cc2)cc1OC. The van der Waals surface area contributed by atoms with E-state index in [-0.39, 0.29) is 35.2 Å². The van der Waals surface area contributed by atoms with Crippen LogP contribution in [0.1, 0.15) is 31.9 Å². The minimum Gasteiger partial charge on any atom is -0.493 e. The molecule has 0 saturated carbocycles. The molecule has 0 aliphatic rings. The number of benzene rings is 4. The smallest absolute Gasteiger partial charge is 0.264 e. The van der Waals surface area contributed by atoms with Gasteiger partial charge in [-0.25, -0.2) is 8.42 Å². The third-order valence-corrected chi connectivity index (χ3v) is 9.65. The van der Waals surface area contributed by atoms with Gasteiger partial charge in [-0.2, -0.15) is 0 Å². The molecule has 2 amide bonds. The minimum atomic E-state index is -4.38. The number of hydrogen-bond acceptors (Lipinski definition) is 6. The van der Waals surface area contributed by atoms with Crippen LogP contribution in [0, 0.1) is 0 Å². The third-order valence-electron chi connectivity index (χ3n) is 7.37. The molecule has 0 fully saturated rings. The van der Waals surface area contributed by atoms with E-state index in [0.717, 1.165) is 9.87 Å². The average molecular weight is 713 g/mol.